The number of nitrogens with zero attached hydrogens (tertiary/aromatic N) is 3. The van der Waals surface area contributed by atoms with Gasteiger partial charge in [0, 0.05) is 37.1 Å². The van der Waals surface area contributed by atoms with Crippen LogP contribution in [-0.2, 0) is 4.74 Å². The molecule has 1 amide bonds. The molecule has 124 valence electrons. The minimum Gasteiger partial charge on any atom is -0.444 e. The molecule has 1 atom stereocenters. The highest BCUT2D eigenvalue weighted by Gasteiger charge is 2.31. The number of nitrogens with two attached hydrogens (primary N) is 1. The van der Waals surface area contributed by atoms with Crippen molar-refractivity contribution in [3.8, 4) is 6.07 Å². The van der Waals surface area contributed by atoms with Crippen molar-refractivity contribution in [2.45, 2.75) is 39.3 Å². The van der Waals surface area contributed by atoms with E-state index in [-0.39, 0.29) is 12.1 Å². The molecule has 2 rings (SSSR count). The molecule has 1 saturated heterocycles. The second kappa shape index (κ2) is 6.37. The maximum atomic E-state index is 12.2. The molecule has 1 aliphatic rings. The number of nitrogen functional groups attached to an aromatic ring is 1. The number of piperazine rings is 1. The van der Waals surface area contributed by atoms with Gasteiger partial charge in [0.2, 0.25) is 0 Å². The molecule has 23 heavy (non-hydrogen) atoms. The number of hydrogen-bond donors (Lipinski definition) is 1. The van der Waals surface area contributed by atoms with Crippen LogP contribution >= 0.6 is 0 Å². The molecule has 2 N–H and O–H groups in total. The Labute approximate surface area is 137 Å². The van der Waals surface area contributed by atoms with Crippen LogP contribution in [0, 0.1) is 11.3 Å². The number of hydrogen-bond acceptors (Lipinski definition) is 5. The van der Waals surface area contributed by atoms with E-state index in [1.165, 1.54) is 0 Å². The summed E-state index contributed by atoms with van der Waals surface area (Å²) in [4.78, 5) is 16.2. The van der Waals surface area contributed by atoms with Gasteiger partial charge >= 0.3 is 6.09 Å². The van der Waals surface area contributed by atoms with Crippen molar-refractivity contribution in [2.75, 3.05) is 30.3 Å². The van der Waals surface area contributed by atoms with Crippen LogP contribution < -0.4 is 10.6 Å². The average Bonchev–Trinajstić information content (AvgIpc) is 2.45. The quantitative estimate of drug-likeness (QED) is 0.805. The van der Waals surface area contributed by atoms with E-state index >= 15 is 0 Å². The van der Waals surface area contributed by atoms with E-state index in [2.05, 4.69) is 11.0 Å². The summed E-state index contributed by atoms with van der Waals surface area (Å²) < 4.78 is 5.45. The Bertz CT molecular complexity index is 630. The first kappa shape index (κ1) is 16.9. The summed E-state index contributed by atoms with van der Waals surface area (Å²) in [5.74, 6) is 0. The first-order valence-electron chi connectivity index (χ1n) is 7.75. The summed E-state index contributed by atoms with van der Waals surface area (Å²) >= 11 is 0. The van der Waals surface area contributed by atoms with Gasteiger partial charge in [-0.05, 0) is 45.9 Å². The molecule has 0 bridgehead atoms. The summed E-state index contributed by atoms with van der Waals surface area (Å²) in [6.07, 6.45) is -0.278. The van der Waals surface area contributed by atoms with Crippen LogP contribution in [0.2, 0.25) is 0 Å². The lowest BCUT2D eigenvalue weighted by Crippen LogP contribution is -2.55. The van der Waals surface area contributed by atoms with Crippen LogP contribution in [0.5, 0.6) is 0 Å². The summed E-state index contributed by atoms with van der Waals surface area (Å²) in [6, 6.07) is 7.59. The Hall–Kier alpha value is -2.42. The molecule has 1 heterocycles. The number of benzene rings is 1. The zero-order valence-electron chi connectivity index (χ0n) is 14.2. The topological polar surface area (TPSA) is 82.6 Å². The molecule has 0 radical (unpaired) electrons. The standard InChI is InChI=1S/C17H24N4O2/c1-12-11-20(14-5-6-15(19)13(9-14)10-18)7-8-21(12)16(22)23-17(2,3)4/h5-6,9,12H,7-8,11,19H2,1-4H3. The lowest BCUT2D eigenvalue weighted by atomic mass is 10.1. The maximum absolute atomic E-state index is 12.2. The number of amides is 1. The Balaban J connectivity index is 2.07. The number of anilines is 2. The van der Waals surface area contributed by atoms with Gasteiger partial charge in [-0.1, -0.05) is 0 Å². The lowest BCUT2D eigenvalue weighted by Gasteiger charge is -2.41. The molecule has 0 aromatic heterocycles. The predicted molar refractivity (Wildman–Crippen MR) is 90.2 cm³/mol. The van der Waals surface area contributed by atoms with Crippen molar-refractivity contribution in [2.24, 2.45) is 0 Å². The van der Waals surface area contributed by atoms with E-state index in [1.54, 1.807) is 17.0 Å². The smallest absolute Gasteiger partial charge is 0.410 e. The summed E-state index contributed by atoms with van der Waals surface area (Å²) in [6.45, 7) is 9.56. The summed E-state index contributed by atoms with van der Waals surface area (Å²) in [5, 5.41) is 9.10. The van der Waals surface area contributed by atoms with Crippen LogP contribution in [0.15, 0.2) is 18.2 Å². The lowest BCUT2D eigenvalue weighted by molar-refractivity contribution is 0.0159. The molecule has 6 nitrogen and oxygen atoms in total. The number of carbonyl (C=O) groups is 1. The van der Waals surface area contributed by atoms with Crippen molar-refractivity contribution in [1.82, 2.24) is 4.90 Å². The Morgan fingerprint density at radius 1 is 1.39 bits per heavy atom. The van der Waals surface area contributed by atoms with Crippen molar-refractivity contribution in [3.63, 3.8) is 0 Å². The molecule has 1 fully saturated rings. The van der Waals surface area contributed by atoms with Crippen molar-refractivity contribution < 1.29 is 9.53 Å². The fourth-order valence-electron chi connectivity index (χ4n) is 2.62. The third-order valence-electron chi connectivity index (χ3n) is 3.78. The van der Waals surface area contributed by atoms with Gasteiger partial charge in [0.05, 0.1) is 5.56 Å². The van der Waals surface area contributed by atoms with Crippen LogP contribution in [0.4, 0.5) is 16.2 Å². The third kappa shape index (κ3) is 4.07. The van der Waals surface area contributed by atoms with E-state index in [0.29, 0.717) is 30.9 Å². The predicted octanol–water partition coefficient (Wildman–Crippen LogP) is 2.59. The molecule has 0 spiro atoms. The molecule has 1 aromatic carbocycles. The van der Waals surface area contributed by atoms with E-state index in [4.69, 9.17) is 15.7 Å². The van der Waals surface area contributed by atoms with Crippen molar-refractivity contribution in [1.29, 1.82) is 5.26 Å². The fourth-order valence-corrected chi connectivity index (χ4v) is 2.62. The van der Waals surface area contributed by atoms with Crippen LogP contribution in [0.1, 0.15) is 33.3 Å². The first-order chi connectivity index (χ1) is 10.7. The largest absolute Gasteiger partial charge is 0.444 e. The minimum absolute atomic E-state index is 0.0293. The molecular formula is C17H24N4O2. The van der Waals surface area contributed by atoms with Gasteiger partial charge in [0.25, 0.3) is 0 Å². The normalized spacial score (nSPS) is 18.5. The second-order valence-electron chi connectivity index (χ2n) is 6.85. The van der Waals surface area contributed by atoms with Gasteiger partial charge in [-0.15, -0.1) is 0 Å². The number of ether oxygens (including phenoxy) is 1. The molecule has 1 aromatic rings. The van der Waals surface area contributed by atoms with Gasteiger partial charge in [-0.2, -0.15) is 5.26 Å². The highest BCUT2D eigenvalue weighted by atomic mass is 16.6. The first-order valence-corrected chi connectivity index (χ1v) is 7.75. The monoisotopic (exact) mass is 316 g/mol. The van der Waals surface area contributed by atoms with E-state index < -0.39 is 5.60 Å². The number of nitriles is 1. The second-order valence-corrected chi connectivity index (χ2v) is 6.85. The molecular weight excluding hydrogens is 292 g/mol. The molecule has 6 heteroatoms. The zero-order valence-corrected chi connectivity index (χ0v) is 14.2. The minimum atomic E-state index is -0.493. The highest BCUT2D eigenvalue weighted by Crippen LogP contribution is 2.24. The van der Waals surface area contributed by atoms with E-state index in [0.717, 1.165) is 5.69 Å². The van der Waals surface area contributed by atoms with Crippen molar-refractivity contribution in [3.05, 3.63) is 23.8 Å². The van der Waals surface area contributed by atoms with Gasteiger partial charge in [0.15, 0.2) is 0 Å². The fraction of sp³-hybridized carbons (Fsp3) is 0.529. The van der Waals surface area contributed by atoms with Crippen LogP contribution in [0.3, 0.4) is 0 Å². The summed E-state index contributed by atoms with van der Waals surface area (Å²) in [7, 11) is 0. The Morgan fingerprint density at radius 2 is 2.09 bits per heavy atom. The summed E-state index contributed by atoms with van der Waals surface area (Å²) in [5.41, 5.74) is 7.18. The van der Waals surface area contributed by atoms with Gasteiger partial charge in [-0.25, -0.2) is 4.79 Å². The third-order valence-corrected chi connectivity index (χ3v) is 3.78. The molecule has 1 aliphatic heterocycles. The van der Waals surface area contributed by atoms with Crippen molar-refractivity contribution >= 4 is 17.5 Å². The van der Waals surface area contributed by atoms with Crippen LogP contribution in [-0.4, -0.2) is 42.3 Å². The number of carbonyl (C=O) groups excluding carboxylic acids is 1. The Morgan fingerprint density at radius 3 is 2.65 bits per heavy atom. The average molecular weight is 316 g/mol. The van der Waals surface area contributed by atoms with E-state index in [1.807, 2.05) is 33.8 Å². The SMILES string of the molecule is CC1CN(c2ccc(N)c(C#N)c2)CCN1C(=O)OC(C)(C)C. The van der Waals surface area contributed by atoms with Gasteiger partial charge in [-0.3, -0.25) is 0 Å². The van der Waals surface area contributed by atoms with Gasteiger partial charge < -0.3 is 20.3 Å². The number of rotatable bonds is 1. The molecule has 1 unspecified atom stereocenters. The molecule has 0 saturated carbocycles. The Kier molecular flexibility index (Phi) is 4.69. The van der Waals surface area contributed by atoms with E-state index in [9.17, 15) is 4.79 Å². The van der Waals surface area contributed by atoms with Crippen LogP contribution in [0.25, 0.3) is 0 Å². The molecule has 0 aliphatic carbocycles. The van der Waals surface area contributed by atoms with Gasteiger partial charge in [0.1, 0.15) is 11.7 Å². The zero-order chi connectivity index (χ0) is 17.2. The maximum Gasteiger partial charge on any atom is 0.410 e. The highest BCUT2D eigenvalue weighted by molar-refractivity contribution is 5.69.